The van der Waals surface area contributed by atoms with Crippen LogP contribution < -0.4 is 5.32 Å². The van der Waals surface area contributed by atoms with E-state index in [0.717, 1.165) is 19.3 Å². The number of halogens is 4. The molecule has 1 amide bonds. The number of carbonyl (C=O) groups is 1. The molecule has 1 fully saturated rings. The molecule has 0 aromatic rings. The molecule has 112 valence electrons. The maximum absolute atomic E-state index is 12.5. The number of unbranched alkanes of at least 4 members (excludes halogenated alkanes) is 2. The molecule has 2 nitrogen and oxygen atoms in total. The first-order valence-electron chi connectivity index (χ1n) is 6.85. The summed E-state index contributed by atoms with van der Waals surface area (Å²) in [6, 6.07) is 0. The summed E-state index contributed by atoms with van der Waals surface area (Å²) >= 11 is 5.54. The monoisotopic (exact) mass is 299 g/mol. The molecule has 1 saturated carbocycles. The second-order valence-electron chi connectivity index (χ2n) is 5.13. The van der Waals surface area contributed by atoms with Gasteiger partial charge in [0.15, 0.2) is 0 Å². The van der Waals surface area contributed by atoms with Gasteiger partial charge in [-0.3, -0.25) is 4.79 Å². The van der Waals surface area contributed by atoms with Crippen molar-refractivity contribution in [2.24, 2.45) is 11.8 Å². The van der Waals surface area contributed by atoms with Crippen molar-refractivity contribution >= 4 is 17.5 Å². The third-order valence-electron chi connectivity index (χ3n) is 3.67. The Hall–Kier alpha value is -0.450. The van der Waals surface area contributed by atoms with Gasteiger partial charge in [0.25, 0.3) is 0 Å². The lowest BCUT2D eigenvalue weighted by Gasteiger charge is -2.29. The van der Waals surface area contributed by atoms with E-state index in [4.69, 9.17) is 11.6 Å². The molecular formula is C13H21ClF3NO. The maximum atomic E-state index is 12.5. The van der Waals surface area contributed by atoms with Crippen LogP contribution in [-0.4, -0.2) is 24.5 Å². The Morgan fingerprint density at radius 3 is 2.26 bits per heavy atom. The van der Waals surface area contributed by atoms with Gasteiger partial charge >= 0.3 is 6.18 Å². The zero-order valence-electron chi connectivity index (χ0n) is 10.9. The summed E-state index contributed by atoms with van der Waals surface area (Å²) in [5.41, 5.74) is 0. The number of amides is 1. The van der Waals surface area contributed by atoms with Crippen LogP contribution in [0.15, 0.2) is 0 Å². The van der Waals surface area contributed by atoms with Crippen LogP contribution in [0.3, 0.4) is 0 Å². The Labute approximate surface area is 117 Å². The highest BCUT2D eigenvalue weighted by atomic mass is 35.5. The zero-order chi connectivity index (χ0) is 14.3. The molecule has 0 aliphatic heterocycles. The molecule has 1 aliphatic rings. The fourth-order valence-corrected chi connectivity index (χ4v) is 2.62. The van der Waals surface area contributed by atoms with Crippen molar-refractivity contribution in [2.75, 3.05) is 12.4 Å². The van der Waals surface area contributed by atoms with E-state index in [2.05, 4.69) is 5.32 Å². The molecule has 0 unspecified atom stereocenters. The summed E-state index contributed by atoms with van der Waals surface area (Å²) < 4.78 is 37.4. The summed E-state index contributed by atoms with van der Waals surface area (Å²) in [7, 11) is 0. The van der Waals surface area contributed by atoms with E-state index >= 15 is 0 Å². The molecule has 1 aliphatic carbocycles. The van der Waals surface area contributed by atoms with Gasteiger partial charge in [-0.25, -0.2) is 0 Å². The molecule has 0 bridgehead atoms. The van der Waals surface area contributed by atoms with E-state index in [0.29, 0.717) is 25.3 Å². The average Bonchev–Trinajstić information content (AvgIpc) is 2.37. The van der Waals surface area contributed by atoms with Gasteiger partial charge in [-0.2, -0.15) is 13.2 Å². The van der Waals surface area contributed by atoms with Gasteiger partial charge in [0.1, 0.15) is 0 Å². The molecule has 0 saturated heterocycles. The molecule has 19 heavy (non-hydrogen) atoms. The molecule has 1 N–H and O–H groups in total. The average molecular weight is 300 g/mol. The van der Waals surface area contributed by atoms with E-state index in [1.54, 1.807) is 0 Å². The van der Waals surface area contributed by atoms with Crippen LogP contribution >= 0.6 is 11.6 Å². The molecule has 0 aromatic heterocycles. The second kappa shape index (κ2) is 7.98. The molecule has 0 radical (unpaired) electrons. The summed E-state index contributed by atoms with van der Waals surface area (Å²) in [6.45, 7) is 0.592. The third kappa shape index (κ3) is 6.02. The summed E-state index contributed by atoms with van der Waals surface area (Å²) in [5.74, 6) is -0.937. The highest BCUT2D eigenvalue weighted by Gasteiger charge is 2.42. The fraction of sp³-hybridized carbons (Fsp3) is 0.923. The topological polar surface area (TPSA) is 29.1 Å². The molecule has 1 rings (SSSR count). The molecule has 0 aromatic carbocycles. The smallest absolute Gasteiger partial charge is 0.356 e. The quantitative estimate of drug-likeness (QED) is 0.585. The lowest BCUT2D eigenvalue weighted by Crippen LogP contribution is -2.36. The molecular weight excluding hydrogens is 279 g/mol. The summed E-state index contributed by atoms with van der Waals surface area (Å²) in [6.07, 6.45) is -0.505. The second-order valence-corrected chi connectivity index (χ2v) is 5.51. The van der Waals surface area contributed by atoms with Crippen LogP contribution in [0.25, 0.3) is 0 Å². The van der Waals surface area contributed by atoms with Crippen molar-refractivity contribution in [2.45, 2.75) is 51.1 Å². The standard InChI is InChI=1S/C13H21ClF3NO/c14-8-2-1-3-9-18-12(19)10-4-6-11(7-5-10)13(15,16)17/h10-11H,1-9H2,(H,18,19). The number of nitrogens with one attached hydrogen (secondary N) is 1. The highest BCUT2D eigenvalue weighted by Crippen LogP contribution is 2.39. The predicted octanol–water partition coefficient (Wildman–Crippen LogP) is 3.88. The van der Waals surface area contributed by atoms with E-state index in [1.165, 1.54) is 0 Å². The zero-order valence-corrected chi connectivity index (χ0v) is 11.7. The van der Waals surface area contributed by atoms with E-state index in [-0.39, 0.29) is 24.7 Å². The Balaban J connectivity index is 2.18. The largest absolute Gasteiger partial charge is 0.391 e. The lowest BCUT2D eigenvalue weighted by atomic mass is 9.81. The Kier molecular flexibility index (Phi) is 6.97. The highest BCUT2D eigenvalue weighted by molar-refractivity contribution is 6.17. The van der Waals surface area contributed by atoms with Gasteiger partial charge < -0.3 is 5.32 Å². The van der Waals surface area contributed by atoms with Crippen LogP contribution in [0.1, 0.15) is 44.9 Å². The third-order valence-corrected chi connectivity index (χ3v) is 3.94. The number of rotatable bonds is 6. The minimum Gasteiger partial charge on any atom is -0.356 e. The van der Waals surface area contributed by atoms with Gasteiger partial charge in [-0.05, 0) is 38.5 Å². The normalized spacial score (nSPS) is 24.2. The van der Waals surface area contributed by atoms with Crippen molar-refractivity contribution in [1.29, 1.82) is 0 Å². The minimum absolute atomic E-state index is 0.0772. The van der Waals surface area contributed by atoms with Crippen molar-refractivity contribution in [3.05, 3.63) is 0 Å². The lowest BCUT2D eigenvalue weighted by molar-refractivity contribution is -0.184. The SMILES string of the molecule is O=C(NCCCCCCl)C1CCC(C(F)(F)F)CC1. The van der Waals surface area contributed by atoms with Crippen LogP contribution in [0.4, 0.5) is 13.2 Å². The number of carbonyl (C=O) groups excluding carboxylic acids is 1. The van der Waals surface area contributed by atoms with Crippen molar-refractivity contribution in [3.8, 4) is 0 Å². The first-order chi connectivity index (χ1) is 8.95. The van der Waals surface area contributed by atoms with Crippen LogP contribution in [0, 0.1) is 11.8 Å². The van der Waals surface area contributed by atoms with E-state index in [9.17, 15) is 18.0 Å². The fourth-order valence-electron chi connectivity index (χ4n) is 2.44. The molecule has 0 heterocycles. The Morgan fingerprint density at radius 2 is 1.74 bits per heavy atom. The molecule has 0 spiro atoms. The number of hydrogen-bond donors (Lipinski definition) is 1. The van der Waals surface area contributed by atoms with Gasteiger partial charge in [-0.1, -0.05) is 6.42 Å². The maximum Gasteiger partial charge on any atom is 0.391 e. The van der Waals surface area contributed by atoms with Gasteiger partial charge in [0.05, 0.1) is 5.92 Å². The van der Waals surface area contributed by atoms with E-state index < -0.39 is 12.1 Å². The predicted molar refractivity (Wildman–Crippen MR) is 69.1 cm³/mol. The van der Waals surface area contributed by atoms with Gasteiger partial charge in [0, 0.05) is 18.3 Å². The first-order valence-corrected chi connectivity index (χ1v) is 7.39. The molecule has 6 heteroatoms. The number of hydrogen-bond acceptors (Lipinski definition) is 1. The Morgan fingerprint density at radius 1 is 1.11 bits per heavy atom. The van der Waals surface area contributed by atoms with Gasteiger partial charge in [0.2, 0.25) is 5.91 Å². The first kappa shape index (κ1) is 16.6. The van der Waals surface area contributed by atoms with E-state index in [1.807, 2.05) is 0 Å². The summed E-state index contributed by atoms with van der Waals surface area (Å²) in [5, 5.41) is 2.80. The summed E-state index contributed by atoms with van der Waals surface area (Å²) in [4.78, 5) is 11.8. The number of alkyl halides is 4. The van der Waals surface area contributed by atoms with Gasteiger partial charge in [-0.15, -0.1) is 11.6 Å². The van der Waals surface area contributed by atoms with Crippen LogP contribution in [0.2, 0.25) is 0 Å². The van der Waals surface area contributed by atoms with Crippen molar-refractivity contribution in [1.82, 2.24) is 5.32 Å². The van der Waals surface area contributed by atoms with Crippen molar-refractivity contribution < 1.29 is 18.0 Å². The minimum atomic E-state index is -4.11. The van der Waals surface area contributed by atoms with Crippen LogP contribution in [-0.2, 0) is 4.79 Å². The Bertz CT molecular complexity index is 276. The van der Waals surface area contributed by atoms with Crippen LogP contribution in [0.5, 0.6) is 0 Å². The van der Waals surface area contributed by atoms with Crippen molar-refractivity contribution in [3.63, 3.8) is 0 Å². The molecule has 0 atom stereocenters.